The van der Waals surface area contributed by atoms with Crippen LogP contribution in [0.3, 0.4) is 0 Å². The molecular formula is C19H20O3. The molecule has 0 heterocycles. The van der Waals surface area contributed by atoms with E-state index < -0.39 is 5.60 Å². The van der Waals surface area contributed by atoms with Crippen molar-refractivity contribution in [2.45, 2.75) is 32.8 Å². The Balaban J connectivity index is 2.43. The molecule has 3 nitrogen and oxygen atoms in total. The van der Waals surface area contributed by atoms with Crippen LogP contribution < -0.4 is 0 Å². The fourth-order valence-electron chi connectivity index (χ4n) is 2.35. The highest BCUT2D eigenvalue weighted by atomic mass is 16.3. The highest BCUT2D eigenvalue weighted by molar-refractivity contribution is 6.11. The monoisotopic (exact) mass is 296 g/mol. The standard InChI is InChI=1S/C19H20O3/c1-4-13-12-15(18(21)19(2,3)22)10-11-16(13)17(20)14-8-6-5-7-9-14/h5-12,22H,4H2,1-3H3. The van der Waals surface area contributed by atoms with E-state index in [0.717, 1.165) is 5.56 Å². The van der Waals surface area contributed by atoms with Gasteiger partial charge < -0.3 is 5.11 Å². The van der Waals surface area contributed by atoms with E-state index in [1.54, 1.807) is 30.3 Å². The number of carbonyl (C=O) groups excluding carboxylic acids is 2. The van der Waals surface area contributed by atoms with Crippen LogP contribution >= 0.6 is 0 Å². The van der Waals surface area contributed by atoms with Crippen LogP contribution in [0.2, 0.25) is 0 Å². The summed E-state index contributed by atoms with van der Waals surface area (Å²) in [6, 6.07) is 14.0. The molecule has 0 aliphatic rings. The number of Topliss-reactive ketones (excluding diaryl/α,β-unsaturated/α-hetero) is 1. The Labute approximate surface area is 130 Å². The number of aliphatic hydroxyl groups is 1. The van der Waals surface area contributed by atoms with E-state index in [2.05, 4.69) is 0 Å². The molecule has 1 N–H and O–H groups in total. The van der Waals surface area contributed by atoms with Gasteiger partial charge in [-0.3, -0.25) is 9.59 Å². The average Bonchev–Trinajstić information content (AvgIpc) is 2.52. The van der Waals surface area contributed by atoms with Crippen molar-refractivity contribution >= 4 is 11.6 Å². The first-order chi connectivity index (χ1) is 10.3. The molecule has 0 aliphatic carbocycles. The van der Waals surface area contributed by atoms with E-state index >= 15 is 0 Å². The Hall–Kier alpha value is -2.26. The van der Waals surface area contributed by atoms with E-state index in [9.17, 15) is 14.7 Å². The van der Waals surface area contributed by atoms with E-state index in [1.165, 1.54) is 13.8 Å². The van der Waals surface area contributed by atoms with Crippen LogP contribution in [0, 0.1) is 0 Å². The lowest BCUT2D eigenvalue weighted by atomic mass is 9.91. The first-order valence-electron chi connectivity index (χ1n) is 7.34. The molecule has 0 atom stereocenters. The smallest absolute Gasteiger partial charge is 0.193 e. The summed E-state index contributed by atoms with van der Waals surface area (Å²) >= 11 is 0. The van der Waals surface area contributed by atoms with Crippen LogP contribution in [0.4, 0.5) is 0 Å². The lowest BCUT2D eigenvalue weighted by molar-refractivity contribution is 0.0488. The molecule has 0 fully saturated rings. The van der Waals surface area contributed by atoms with E-state index in [-0.39, 0.29) is 11.6 Å². The molecular weight excluding hydrogens is 276 g/mol. The minimum absolute atomic E-state index is 0.0558. The number of benzene rings is 2. The van der Waals surface area contributed by atoms with Crippen LogP contribution in [0.5, 0.6) is 0 Å². The predicted octanol–water partition coefficient (Wildman–Crippen LogP) is 3.43. The van der Waals surface area contributed by atoms with Crippen LogP contribution in [-0.4, -0.2) is 22.3 Å². The topological polar surface area (TPSA) is 54.4 Å². The molecule has 2 aromatic rings. The van der Waals surface area contributed by atoms with Crippen molar-refractivity contribution in [3.63, 3.8) is 0 Å². The van der Waals surface area contributed by atoms with Gasteiger partial charge in [0.25, 0.3) is 0 Å². The molecule has 0 radical (unpaired) electrons. The Morgan fingerprint density at radius 1 is 1.00 bits per heavy atom. The second-order valence-electron chi connectivity index (χ2n) is 5.81. The fourth-order valence-corrected chi connectivity index (χ4v) is 2.35. The predicted molar refractivity (Wildman–Crippen MR) is 86.3 cm³/mol. The number of carbonyl (C=O) groups is 2. The van der Waals surface area contributed by atoms with Gasteiger partial charge in [0, 0.05) is 16.7 Å². The highest BCUT2D eigenvalue weighted by Gasteiger charge is 2.26. The van der Waals surface area contributed by atoms with Crippen LogP contribution in [0.15, 0.2) is 48.5 Å². The quantitative estimate of drug-likeness (QED) is 0.860. The van der Waals surface area contributed by atoms with Crippen LogP contribution in [-0.2, 0) is 6.42 Å². The lowest BCUT2D eigenvalue weighted by Crippen LogP contribution is -2.31. The van der Waals surface area contributed by atoms with E-state index in [1.807, 2.05) is 25.1 Å². The van der Waals surface area contributed by atoms with Crippen molar-refractivity contribution in [3.8, 4) is 0 Å². The minimum Gasteiger partial charge on any atom is -0.382 e. The van der Waals surface area contributed by atoms with Gasteiger partial charge in [0.2, 0.25) is 0 Å². The summed E-state index contributed by atoms with van der Waals surface area (Å²) in [6.07, 6.45) is 0.640. The third-order valence-electron chi connectivity index (χ3n) is 3.58. The van der Waals surface area contributed by atoms with Crippen LogP contribution in [0.25, 0.3) is 0 Å². The number of rotatable bonds is 5. The normalized spacial score (nSPS) is 11.3. The SMILES string of the molecule is CCc1cc(C(=O)C(C)(C)O)ccc1C(=O)c1ccccc1. The highest BCUT2D eigenvalue weighted by Crippen LogP contribution is 2.20. The number of aryl methyl sites for hydroxylation is 1. The van der Waals surface area contributed by atoms with Crippen molar-refractivity contribution in [1.82, 2.24) is 0 Å². The molecule has 2 aromatic carbocycles. The molecule has 3 heteroatoms. The van der Waals surface area contributed by atoms with Gasteiger partial charge in [0.15, 0.2) is 11.6 Å². The number of hydrogen-bond donors (Lipinski definition) is 1. The molecule has 114 valence electrons. The van der Waals surface area contributed by atoms with Crippen molar-refractivity contribution in [2.24, 2.45) is 0 Å². The van der Waals surface area contributed by atoms with Crippen molar-refractivity contribution in [3.05, 3.63) is 70.8 Å². The molecule has 0 spiro atoms. The first-order valence-corrected chi connectivity index (χ1v) is 7.34. The summed E-state index contributed by atoms with van der Waals surface area (Å²) in [5, 5.41) is 9.84. The molecule has 0 saturated carbocycles. The molecule has 0 aliphatic heterocycles. The minimum atomic E-state index is -1.42. The van der Waals surface area contributed by atoms with Gasteiger partial charge in [-0.1, -0.05) is 49.4 Å². The molecule has 0 unspecified atom stereocenters. The maximum atomic E-state index is 12.6. The zero-order chi connectivity index (χ0) is 16.3. The molecule has 0 bridgehead atoms. The molecule has 22 heavy (non-hydrogen) atoms. The van der Waals surface area contributed by atoms with Gasteiger partial charge >= 0.3 is 0 Å². The Bertz CT molecular complexity index is 694. The van der Waals surface area contributed by atoms with Crippen molar-refractivity contribution in [2.75, 3.05) is 0 Å². The second-order valence-corrected chi connectivity index (χ2v) is 5.81. The number of ketones is 2. The van der Waals surface area contributed by atoms with Gasteiger partial charge in [0.1, 0.15) is 5.60 Å². The Morgan fingerprint density at radius 3 is 2.18 bits per heavy atom. The summed E-state index contributed by atoms with van der Waals surface area (Å²) < 4.78 is 0. The molecule has 2 rings (SSSR count). The first kappa shape index (κ1) is 16.1. The fraction of sp³-hybridized carbons (Fsp3) is 0.263. The average molecular weight is 296 g/mol. The van der Waals surface area contributed by atoms with Gasteiger partial charge in [-0.25, -0.2) is 0 Å². The van der Waals surface area contributed by atoms with Gasteiger partial charge in [-0.05, 0) is 31.9 Å². The van der Waals surface area contributed by atoms with E-state index in [4.69, 9.17) is 0 Å². The summed E-state index contributed by atoms with van der Waals surface area (Å²) in [4.78, 5) is 24.7. The Kier molecular flexibility index (Phi) is 4.57. The van der Waals surface area contributed by atoms with Gasteiger partial charge in [0.05, 0.1) is 0 Å². The maximum Gasteiger partial charge on any atom is 0.193 e. The lowest BCUT2D eigenvalue weighted by Gasteiger charge is -2.17. The summed E-state index contributed by atoms with van der Waals surface area (Å²) in [5.74, 6) is -0.402. The second kappa shape index (κ2) is 6.24. The summed E-state index contributed by atoms with van der Waals surface area (Å²) in [7, 11) is 0. The Morgan fingerprint density at radius 2 is 1.64 bits per heavy atom. The summed E-state index contributed by atoms with van der Waals surface area (Å²) in [6.45, 7) is 4.86. The molecule has 0 saturated heterocycles. The van der Waals surface area contributed by atoms with Crippen molar-refractivity contribution in [1.29, 1.82) is 0 Å². The molecule has 0 aromatic heterocycles. The van der Waals surface area contributed by atoms with Gasteiger partial charge in [-0.15, -0.1) is 0 Å². The summed E-state index contributed by atoms with van der Waals surface area (Å²) in [5.41, 5.74) is 1.04. The third kappa shape index (κ3) is 3.31. The van der Waals surface area contributed by atoms with E-state index in [0.29, 0.717) is 23.1 Å². The third-order valence-corrected chi connectivity index (χ3v) is 3.58. The molecule has 0 amide bonds. The zero-order valence-electron chi connectivity index (χ0n) is 13.1. The number of hydrogen-bond acceptors (Lipinski definition) is 3. The zero-order valence-corrected chi connectivity index (χ0v) is 13.1. The van der Waals surface area contributed by atoms with Gasteiger partial charge in [-0.2, -0.15) is 0 Å². The largest absolute Gasteiger partial charge is 0.382 e. The van der Waals surface area contributed by atoms with Crippen LogP contribution in [0.1, 0.15) is 52.6 Å². The van der Waals surface area contributed by atoms with Crippen molar-refractivity contribution < 1.29 is 14.7 Å². The maximum absolute atomic E-state index is 12.6.